The van der Waals surface area contributed by atoms with Crippen molar-refractivity contribution in [2.45, 2.75) is 30.0 Å². The number of hydrogen-bond donors (Lipinski definition) is 1. The molecule has 10 heteroatoms. The van der Waals surface area contributed by atoms with Gasteiger partial charge in [0.05, 0.1) is 12.4 Å². The Labute approximate surface area is 114 Å². The molecule has 0 atom stereocenters. The smallest absolute Gasteiger partial charge is 0.357 e. The third-order valence-corrected chi connectivity index (χ3v) is 4.60. The number of nitrogens with one attached hydrogen (secondary N) is 1. The number of aromatic nitrogens is 2. The Hall–Kier alpha value is -1.42. The molecule has 1 aromatic heterocycles. The maximum absolute atomic E-state index is 12.5. The Morgan fingerprint density at radius 2 is 1.90 bits per heavy atom. The summed E-state index contributed by atoms with van der Waals surface area (Å²) in [6, 6.07) is -0.592. The van der Waals surface area contributed by atoms with Crippen molar-refractivity contribution >= 4 is 16.0 Å². The first-order valence-electron chi connectivity index (χ1n) is 5.82. The van der Waals surface area contributed by atoms with Crippen LogP contribution in [-0.2, 0) is 10.0 Å². The first-order chi connectivity index (χ1) is 9.24. The molecule has 0 bridgehead atoms. The van der Waals surface area contributed by atoms with E-state index in [2.05, 4.69) is 15.3 Å². The van der Waals surface area contributed by atoms with E-state index >= 15 is 0 Å². The number of nitrogens with zero attached hydrogens (tertiary/aromatic N) is 3. The summed E-state index contributed by atoms with van der Waals surface area (Å²) in [4.78, 5) is 7.09. The van der Waals surface area contributed by atoms with Gasteiger partial charge in [0.25, 0.3) is 0 Å². The Kier molecular flexibility index (Phi) is 3.87. The van der Waals surface area contributed by atoms with E-state index in [0.29, 0.717) is 17.1 Å². The van der Waals surface area contributed by atoms with Gasteiger partial charge >= 0.3 is 6.18 Å². The monoisotopic (exact) mass is 310 g/mol. The van der Waals surface area contributed by atoms with Gasteiger partial charge in [-0.3, -0.25) is 0 Å². The van der Waals surface area contributed by atoms with Crippen LogP contribution < -0.4 is 5.32 Å². The summed E-state index contributed by atoms with van der Waals surface area (Å²) < 4.78 is 62.4. The standard InChI is InChI=1S/C10H13F3N4O2S/c1-14-9-15-4-8(5-16-9)20(18,19)17(7-2-3-7)6-10(11,12)13/h4-5,7H,2-3,6H2,1H3,(H,14,15,16). The van der Waals surface area contributed by atoms with Gasteiger partial charge in [0.2, 0.25) is 16.0 Å². The van der Waals surface area contributed by atoms with Crippen molar-refractivity contribution in [2.75, 3.05) is 18.9 Å². The highest BCUT2D eigenvalue weighted by Gasteiger charge is 2.44. The van der Waals surface area contributed by atoms with Gasteiger partial charge < -0.3 is 5.32 Å². The molecule has 0 saturated heterocycles. The lowest BCUT2D eigenvalue weighted by atomic mass is 10.6. The average Bonchev–Trinajstić information content (AvgIpc) is 3.19. The number of sulfonamides is 1. The topological polar surface area (TPSA) is 75.2 Å². The van der Waals surface area contributed by atoms with Gasteiger partial charge in [0, 0.05) is 13.1 Å². The third-order valence-electron chi connectivity index (χ3n) is 2.75. The summed E-state index contributed by atoms with van der Waals surface area (Å²) in [5.74, 6) is 0.192. The fourth-order valence-electron chi connectivity index (χ4n) is 1.66. The molecule has 0 spiro atoms. The minimum Gasteiger partial charge on any atom is -0.357 e. The SMILES string of the molecule is CNc1ncc(S(=O)(=O)N(CC(F)(F)F)C2CC2)cn1. The van der Waals surface area contributed by atoms with E-state index < -0.39 is 28.8 Å². The molecular weight excluding hydrogens is 297 g/mol. The molecule has 2 rings (SSSR count). The normalized spacial score (nSPS) is 16.4. The van der Waals surface area contributed by atoms with Crippen LogP contribution in [-0.4, -0.2) is 48.5 Å². The summed E-state index contributed by atoms with van der Waals surface area (Å²) in [6.45, 7) is -1.49. The van der Waals surface area contributed by atoms with E-state index in [1.165, 1.54) is 0 Å². The maximum Gasteiger partial charge on any atom is 0.402 e. The van der Waals surface area contributed by atoms with Crippen LogP contribution in [0, 0.1) is 0 Å². The van der Waals surface area contributed by atoms with Gasteiger partial charge in [0.15, 0.2) is 0 Å². The minimum absolute atomic E-state index is 0.192. The Balaban J connectivity index is 2.29. The molecule has 0 unspecified atom stereocenters. The molecule has 1 aliphatic carbocycles. The second kappa shape index (κ2) is 5.17. The molecule has 1 N–H and O–H groups in total. The highest BCUT2D eigenvalue weighted by molar-refractivity contribution is 7.89. The summed E-state index contributed by atoms with van der Waals surface area (Å²) in [5, 5.41) is 2.60. The van der Waals surface area contributed by atoms with E-state index in [-0.39, 0.29) is 10.8 Å². The second-order valence-electron chi connectivity index (χ2n) is 4.39. The van der Waals surface area contributed by atoms with Crippen molar-refractivity contribution in [1.82, 2.24) is 14.3 Å². The van der Waals surface area contributed by atoms with Gasteiger partial charge in [-0.05, 0) is 12.8 Å². The number of halogens is 3. The number of anilines is 1. The van der Waals surface area contributed by atoms with E-state index in [0.717, 1.165) is 12.4 Å². The highest BCUT2D eigenvalue weighted by atomic mass is 32.2. The molecule has 1 aromatic rings. The lowest BCUT2D eigenvalue weighted by molar-refractivity contribution is -0.137. The van der Waals surface area contributed by atoms with Crippen molar-refractivity contribution in [3.63, 3.8) is 0 Å². The van der Waals surface area contributed by atoms with Crippen LogP contribution in [0.15, 0.2) is 17.3 Å². The third kappa shape index (κ3) is 3.37. The van der Waals surface area contributed by atoms with Crippen molar-refractivity contribution < 1.29 is 21.6 Å². The molecule has 1 heterocycles. The zero-order valence-corrected chi connectivity index (χ0v) is 11.4. The van der Waals surface area contributed by atoms with Crippen LogP contribution in [0.4, 0.5) is 19.1 Å². The predicted octanol–water partition coefficient (Wildman–Crippen LogP) is 1.23. The molecule has 1 saturated carbocycles. The molecule has 6 nitrogen and oxygen atoms in total. The molecule has 0 amide bonds. The van der Waals surface area contributed by atoms with Crippen molar-refractivity contribution in [3.8, 4) is 0 Å². The molecule has 1 aliphatic rings. The largest absolute Gasteiger partial charge is 0.402 e. The van der Waals surface area contributed by atoms with E-state index in [4.69, 9.17) is 0 Å². The van der Waals surface area contributed by atoms with Gasteiger partial charge in [-0.15, -0.1) is 0 Å². The van der Waals surface area contributed by atoms with Crippen LogP contribution in [0.3, 0.4) is 0 Å². The zero-order chi connectivity index (χ0) is 15.0. The Bertz CT molecular complexity index is 569. The van der Waals surface area contributed by atoms with Crippen LogP contribution in [0.2, 0.25) is 0 Å². The van der Waals surface area contributed by atoms with Crippen LogP contribution in [0.1, 0.15) is 12.8 Å². The minimum atomic E-state index is -4.58. The molecule has 1 fully saturated rings. The zero-order valence-electron chi connectivity index (χ0n) is 10.6. The quantitative estimate of drug-likeness (QED) is 0.885. The first kappa shape index (κ1) is 15.0. The van der Waals surface area contributed by atoms with E-state index in [1.807, 2.05) is 0 Å². The summed E-state index contributed by atoms with van der Waals surface area (Å²) in [5.41, 5.74) is 0. The number of rotatable bonds is 5. The second-order valence-corrected chi connectivity index (χ2v) is 6.28. The lowest BCUT2D eigenvalue weighted by Gasteiger charge is -2.22. The summed E-state index contributed by atoms with van der Waals surface area (Å²) in [6.07, 6.45) is -1.71. The van der Waals surface area contributed by atoms with Crippen molar-refractivity contribution in [2.24, 2.45) is 0 Å². The van der Waals surface area contributed by atoms with E-state index in [9.17, 15) is 21.6 Å². The highest BCUT2D eigenvalue weighted by Crippen LogP contribution is 2.34. The molecule has 20 heavy (non-hydrogen) atoms. The maximum atomic E-state index is 12.5. The van der Waals surface area contributed by atoms with Crippen LogP contribution in [0.5, 0.6) is 0 Å². The van der Waals surface area contributed by atoms with Gasteiger partial charge in [-0.1, -0.05) is 0 Å². The molecule has 0 aromatic carbocycles. The average molecular weight is 310 g/mol. The van der Waals surface area contributed by atoms with Gasteiger partial charge in [-0.2, -0.15) is 17.5 Å². The molecule has 112 valence electrons. The number of alkyl halides is 3. The Morgan fingerprint density at radius 1 is 1.35 bits per heavy atom. The first-order valence-corrected chi connectivity index (χ1v) is 7.26. The number of hydrogen-bond acceptors (Lipinski definition) is 5. The summed E-state index contributed by atoms with van der Waals surface area (Å²) >= 11 is 0. The molecular formula is C10H13F3N4O2S. The van der Waals surface area contributed by atoms with Crippen LogP contribution >= 0.6 is 0 Å². The molecule has 0 aliphatic heterocycles. The van der Waals surface area contributed by atoms with Crippen molar-refractivity contribution in [3.05, 3.63) is 12.4 Å². The van der Waals surface area contributed by atoms with Crippen molar-refractivity contribution in [1.29, 1.82) is 0 Å². The molecule has 0 radical (unpaired) electrons. The summed E-state index contributed by atoms with van der Waals surface area (Å²) in [7, 11) is -2.69. The Morgan fingerprint density at radius 3 is 2.30 bits per heavy atom. The fraction of sp³-hybridized carbons (Fsp3) is 0.600. The van der Waals surface area contributed by atoms with Gasteiger partial charge in [0.1, 0.15) is 11.4 Å². The predicted molar refractivity (Wildman–Crippen MR) is 64.5 cm³/mol. The van der Waals surface area contributed by atoms with Gasteiger partial charge in [-0.25, -0.2) is 18.4 Å². The fourth-order valence-corrected chi connectivity index (χ4v) is 3.23. The van der Waals surface area contributed by atoms with E-state index in [1.54, 1.807) is 7.05 Å². The van der Waals surface area contributed by atoms with Crippen LogP contribution in [0.25, 0.3) is 0 Å². The lowest BCUT2D eigenvalue weighted by Crippen LogP contribution is -2.40.